The van der Waals surface area contributed by atoms with Crippen LogP contribution in [0.25, 0.3) is 0 Å². The lowest BCUT2D eigenvalue weighted by Gasteiger charge is -2.25. The first kappa shape index (κ1) is 13.6. The normalized spacial score (nSPS) is 15.1. The minimum absolute atomic E-state index is 0.396. The van der Waals surface area contributed by atoms with Crippen LogP contribution in [-0.4, -0.2) is 29.8 Å². The Balaban J connectivity index is 1.85. The first-order valence-corrected chi connectivity index (χ1v) is 6.79. The topological polar surface area (TPSA) is 49.4 Å². The molecule has 1 aliphatic rings. The molecule has 102 valence electrons. The summed E-state index contributed by atoms with van der Waals surface area (Å²) in [6, 6.07) is 7.90. The van der Waals surface area contributed by atoms with E-state index in [1.165, 1.54) is 0 Å². The van der Waals surface area contributed by atoms with Crippen molar-refractivity contribution in [3.8, 4) is 0 Å². The smallest absolute Gasteiger partial charge is 0.311 e. The SMILES string of the molecule is Cc1cccc(CNC(=O)C(=O)N2CCCCC2)c1. The molecule has 0 aromatic heterocycles. The van der Waals surface area contributed by atoms with E-state index >= 15 is 0 Å². The number of nitrogens with zero attached hydrogens (tertiary/aromatic N) is 1. The Morgan fingerprint density at radius 2 is 1.95 bits per heavy atom. The van der Waals surface area contributed by atoms with Crippen molar-refractivity contribution >= 4 is 11.8 Å². The van der Waals surface area contributed by atoms with Gasteiger partial charge in [-0.2, -0.15) is 0 Å². The van der Waals surface area contributed by atoms with Crippen molar-refractivity contribution in [3.05, 3.63) is 35.4 Å². The molecule has 0 radical (unpaired) electrons. The van der Waals surface area contributed by atoms with E-state index in [4.69, 9.17) is 0 Å². The number of hydrogen-bond acceptors (Lipinski definition) is 2. The van der Waals surface area contributed by atoms with E-state index < -0.39 is 11.8 Å². The molecule has 1 saturated heterocycles. The van der Waals surface area contributed by atoms with Crippen LogP contribution < -0.4 is 5.32 Å². The van der Waals surface area contributed by atoms with Gasteiger partial charge in [-0.1, -0.05) is 29.8 Å². The van der Waals surface area contributed by atoms with E-state index in [1.807, 2.05) is 31.2 Å². The maximum absolute atomic E-state index is 11.9. The molecular formula is C15H20N2O2. The highest BCUT2D eigenvalue weighted by atomic mass is 16.2. The molecule has 1 heterocycles. The lowest BCUT2D eigenvalue weighted by Crippen LogP contribution is -2.44. The Morgan fingerprint density at radius 3 is 2.63 bits per heavy atom. The number of amides is 2. The summed E-state index contributed by atoms with van der Waals surface area (Å²) in [5.74, 6) is -0.893. The van der Waals surface area contributed by atoms with E-state index in [9.17, 15) is 9.59 Å². The first-order valence-electron chi connectivity index (χ1n) is 6.79. The van der Waals surface area contributed by atoms with E-state index in [2.05, 4.69) is 5.32 Å². The summed E-state index contributed by atoms with van der Waals surface area (Å²) >= 11 is 0. The highest BCUT2D eigenvalue weighted by molar-refractivity contribution is 6.34. The summed E-state index contributed by atoms with van der Waals surface area (Å²) in [7, 11) is 0. The molecule has 19 heavy (non-hydrogen) atoms. The fourth-order valence-electron chi connectivity index (χ4n) is 2.32. The van der Waals surface area contributed by atoms with Crippen LogP contribution in [0.3, 0.4) is 0 Å². The summed E-state index contributed by atoms with van der Waals surface area (Å²) in [5.41, 5.74) is 2.16. The van der Waals surface area contributed by atoms with Crippen LogP contribution in [0.1, 0.15) is 30.4 Å². The summed E-state index contributed by atoms with van der Waals surface area (Å²) in [5, 5.41) is 2.69. The van der Waals surface area contributed by atoms with E-state index in [0.29, 0.717) is 19.6 Å². The molecule has 1 N–H and O–H groups in total. The van der Waals surface area contributed by atoms with Crippen LogP contribution in [0.4, 0.5) is 0 Å². The largest absolute Gasteiger partial charge is 0.344 e. The molecule has 0 saturated carbocycles. The molecule has 0 aliphatic carbocycles. The molecule has 2 rings (SSSR count). The van der Waals surface area contributed by atoms with Gasteiger partial charge in [0.25, 0.3) is 0 Å². The Kier molecular flexibility index (Phi) is 4.55. The third-order valence-corrected chi connectivity index (χ3v) is 3.37. The van der Waals surface area contributed by atoms with Crippen molar-refractivity contribution in [2.24, 2.45) is 0 Å². The average Bonchev–Trinajstić information content (AvgIpc) is 2.45. The molecule has 1 aliphatic heterocycles. The number of nitrogens with one attached hydrogen (secondary N) is 1. The number of hydrogen-bond donors (Lipinski definition) is 1. The molecule has 0 bridgehead atoms. The zero-order chi connectivity index (χ0) is 13.7. The van der Waals surface area contributed by atoms with Crippen molar-refractivity contribution in [1.82, 2.24) is 10.2 Å². The number of carbonyl (C=O) groups is 2. The Morgan fingerprint density at radius 1 is 1.21 bits per heavy atom. The number of rotatable bonds is 2. The van der Waals surface area contributed by atoms with Crippen LogP contribution in [0.5, 0.6) is 0 Å². The van der Waals surface area contributed by atoms with E-state index in [-0.39, 0.29) is 0 Å². The van der Waals surface area contributed by atoms with Crippen LogP contribution in [0, 0.1) is 6.92 Å². The van der Waals surface area contributed by atoms with Gasteiger partial charge in [-0.25, -0.2) is 0 Å². The second-order valence-electron chi connectivity index (χ2n) is 5.02. The molecule has 2 amide bonds. The zero-order valence-corrected chi connectivity index (χ0v) is 11.3. The van der Waals surface area contributed by atoms with Crippen molar-refractivity contribution in [2.45, 2.75) is 32.7 Å². The molecule has 1 aromatic carbocycles. The van der Waals surface area contributed by atoms with Crippen molar-refractivity contribution in [1.29, 1.82) is 0 Å². The van der Waals surface area contributed by atoms with Gasteiger partial charge in [0, 0.05) is 19.6 Å². The van der Waals surface area contributed by atoms with Gasteiger partial charge in [0.05, 0.1) is 0 Å². The highest BCUT2D eigenvalue weighted by Gasteiger charge is 2.22. The fourth-order valence-corrected chi connectivity index (χ4v) is 2.32. The van der Waals surface area contributed by atoms with Crippen LogP contribution in [0.15, 0.2) is 24.3 Å². The molecule has 0 atom stereocenters. The maximum Gasteiger partial charge on any atom is 0.311 e. The highest BCUT2D eigenvalue weighted by Crippen LogP contribution is 2.09. The number of piperidine rings is 1. The summed E-state index contributed by atoms with van der Waals surface area (Å²) in [4.78, 5) is 25.3. The average molecular weight is 260 g/mol. The molecular weight excluding hydrogens is 240 g/mol. The predicted molar refractivity (Wildman–Crippen MR) is 73.5 cm³/mol. The summed E-state index contributed by atoms with van der Waals surface area (Å²) in [6.07, 6.45) is 3.14. The number of benzene rings is 1. The first-order chi connectivity index (χ1) is 9.16. The van der Waals surface area contributed by atoms with Crippen LogP contribution in [-0.2, 0) is 16.1 Å². The Hall–Kier alpha value is -1.84. The third-order valence-electron chi connectivity index (χ3n) is 3.37. The fraction of sp³-hybridized carbons (Fsp3) is 0.467. The van der Waals surface area contributed by atoms with Gasteiger partial charge in [0.1, 0.15) is 0 Å². The number of likely N-dealkylation sites (tertiary alicyclic amines) is 1. The molecule has 1 aromatic rings. The zero-order valence-electron chi connectivity index (χ0n) is 11.3. The number of carbonyl (C=O) groups excluding carboxylic acids is 2. The monoisotopic (exact) mass is 260 g/mol. The summed E-state index contributed by atoms with van der Waals surface area (Å²) < 4.78 is 0. The molecule has 1 fully saturated rings. The molecule has 0 spiro atoms. The third kappa shape index (κ3) is 3.81. The lowest BCUT2D eigenvalue weighted by atomic mass is 10.1. The van der Waals surface area contributed by atoms with E-state index in [1.54, 1.807) is 4.90 Å². The second-order valence-corrected chi connectivity index (χ2v) is 5.02. The predicted octanol–water partition coefficient (Wildman–Crippen LogP) is 1.62. The molecule has 0 unspecified atom stereocenters. The van der Waals surface area contributed by atoms with Crippen LogP contribution in [0.2, 0.25) is 0 Å². The van der Waals surface area contributed by atoms with Crippen LogP contribution >= 0.6 is 0 Å². The van der Waals surface area contributed by atoms with Gasteiger partial charge >= 0.3 is 11.8 Å². The van der Waals surface area contributed by atoms with Gasteiger partial charge in [0.15, 0.2) is 0 Å². The van der Waals surface area contributed by atoms with Crippen molar-refractivity contribution in [2.75, 3.05) is 13.1 Å². The summed E-state index contributed by atoms with van der Waals surface area (Å²) in [6.45, 7) is 3.82. The minimum Gasteiger partial charge on any atom is -0.344 e. The lowest BCUT2D eigenvalue weighted by molar-refractivity contribution is -0.146. The van der Waals surface area contributed by atoms with Gasteiger partial charge in [-0.15, -0.1) is 0 Å². The van der Waals surface area contributed by atoms with Gasteiger partial charge in [-0.05, 0) is 31.7 Å². The van der Waals surface area contributed by atoms with Crippen molar-refractivity contribution < 1.29 is 9.59 Å². The van der Waals surface area contributed by atoms with Gasteiger partial charge in [-0.3, -0.25) is 9.59 Å². The van der Waals surface area contributed by atoms with Crippen molar-refractivity contribution in [3.63, 3.8) is 0 Å². The molecule has 4 heteroatoms. The Bertz CT molecular complexity index is 465. The van der Waals surface area contributed by atoms with Gasteiger partial charge < -0.3 is 10.2 Å². The maximum atomic E-state index is 11.9. The second kappa shape index (κ2) is 6.36. The Labute approximate surface area is 113 Å². The van der Waals surface area contributed by atoms with Gasteiger partial charge in [0.2, 0.25) is 0 Å². The quantitative estimate of drug-likeness (QED) is 0.822. The molecule has 4 nitrogen and oxygen atoms in total. The van der Waals surface area contributed by atoms with E-state index in [0.717, 1.165) is 30.4 Å². The standard InChI is InChI=1S/C15H20N2O2/c1-12-6-5-7-13(10-12)11-16-14(18)15(19)17-8-3-2-4-9-17/h5-7,10H,2-4,8-9,11H2,1H3,(H,16,18). The number of aryl methyl sites for hydroxylation is 1. The minimum atomic E-state index is -0.497.